The Kier molecular flexibility index (Phi) is 3.69. The number of aromatic nitrogens is 1. The van der Waals surface area contributed by atoms with Crippen molar-refractivity contribution in [1.29, 1.82) is 0 Å². The molecule has 3 N–H and O–H groups in total. The summed E-state index contributed by atoms with van der Waals surface area (Å²) >= 11 is 11.9. The second-order valence-electron chi connectivity index (χ2n) is 3.52. The molecule has 0 atom stereocenters. The van der Waals surface area contributed by atoms with E-state index in [0.717, 1.165) is 0 Å². The van der Waals surface area contributed by atoms with Crippen LogP contribution in [0.15, 0.2) is 36.5 Å². The van der Waals surface area contributed by atoms with Crippen LogP contribution in [0.2, 0.25) is 10.0 Å². The zero-order chi connectivity index (χ0) is 13.1. The van der Waals surface area contributed by atoms with Gasteiger partial charge >= 0.3 is 0 Å². The van der Waals surface area contributed by atoms with Gasteiger partial charge in [-0.2, -0.15) is 0 Å². The van der Waals surface area contributed by atoms with Gasteiger partial charge in [0.25, 0.3) is 5.91 Å². The minimum atomic E-state index is -0.392. The van der Waals surface area contributed by atoms with Crippen LogP contribution in [0.1, 0.15) is 10.4 Å². The van der Waals surface area contributed by atoms with Crippen molar-refractivity contribution in [2.45, 2.75) is 0 Å². The molecule has 0 radical (unpaired) electrons. The number of hydrogen-bond acceptors (Lipinski definition) is 3. The number of carbonyl (C=O) groups excluding carboxylic acids is 1. The maximum Gasteiger partial charge on any atom is 0.258 e. The number of nitrogens with one attached hydrogen (secondary N) is 1. The van der Waals surface area contributed by atoms with E-state index >= 15 is 0 Å². The van der Waals surface area contributed by atoms with Crippen LogP contribution in [0, 0.1) is 0 Å². The molecular formula is C12H9Cl2N3O. The fourth-order valence-electron chi connectivity index (χ4n) is 1.39. The Labute approximate surface area is 114 Å². The molecule has 0 unspecified atom stereocenters. The average Bonchev–Trinajstić information content (AvgIpc) is 2.32. The van der Waals surface area contributed by atoms with Gasteiger partial charge in [-0.25, -0.2) is 4.98 Å². The summed E-state index contributed by atoms with van der Waals surface area (Å²) in [4.78, 5) is 15.9. The summed E-state index contributed by atoms with van der Waals surface area (Å²) in [5.41, 5.74) is 6.20. The largest absolute Gasteiger partial charge is 0.384 e. The fourth-order valence-corrected chi connectivity index (χ4v) is 1.96. The van der Waals surface area contributed by atoms with Crippen LogP contribution in [0.5, 0.6) is 0 Å². The van der Waals surface area contributed by atoms with Crippen LogP contribution >= 0.6 is 23.2 Å². The maximum absolute atomic E-state index is 12.0. The number of carbonyl (C=O) groups is 1. The molecule has 2 aromatic rings. The minimum Gasteiger partial charge on any atom is -0.384 e. The maximum atomic E-state index is 12.0. The third kappa shape index (κ3) is 2.72. The normalized spacial score (nSPS) is 10.1. The molecule has 0 spiro atoms. The van der Waals surface area contributed by atoms with Gasteiger partial charge < -0.3 is 11.1 Å². The molecule has 0 aliphatic rings. The molecule has 0 saturated carbocycles. The van der Waals surface area contributed by atoms with Crippen molar-refractivity contribution < 1.29 is 4.79 Å². The van der Waals surface area contributed by atoms with Crippen LogP contribution in [-0.2, 0) is 0 Å². The van der Waals surface area contributed by atoms with E-state index in [0.29, 0.717) is 21.6 Å². The number of anilines is 2. The van der Waals surface area contributed by atoms with E-state index in [1.54, 1.807) is 30.3 Å². The second kappa shape index (κ2) is 5.25. The van der Waals surface area contributed by atoms with Crippen molar-refractivity contribution in [3.63, 3.8) is 0 Å². The Morgan fingerprint density at radius 2 is 1.83 bits per heavy atom. The van der Waals surface area contributed by atoms with Gasteiger partial charge in [-0.3, -0.25) is 4.79 Å². The zero-order valence-electron chi connectivity index (χ0n) is 9.15. The van der Waals surface area contributed by atoms with E-state index in [9.17, 15) is 4.79 Å². The third-order valence-corrected chi connectivity index (χ3v) is 2.86. The first kappa shape index (κ1) is 12.7. The van der Waals surface area contributed by atoms with Crippen molar-refractivity contribution in [3.8, 4) is 0 Å². The van der Waals surface area contributed by atoms with Gasteiger partial charge in [0, 0.05) is 0 Å². The zero-order valence-corrected chi connectivity index (χ0v) is 10.7. The average molecular weight is 282 g/mol. The number of pyridine rings is 1. The van der Waals surface area contributed by atoms with E-state index in [4.69, 9.17) is 28.9 Å². The molecular weight excluding hydrogens is 273 g/mol. The van der Waals surface area contributed by atoms with Crippen molar-refractivity contribution in [3.05, 3.63) is 52.1 Å². The summed E-state index contributed by atoms with van der Waals surface area (Å²) in [6, 6.07) is 8.11. The topological polar surface area (TPSA) is 68.0 Å². The van der Waals surface area contributed by atoms with E-state index < -0.39 is 5.91 Å². The Hall–Kier alpha value is -1.78. The third-order valence-electron chi connectivity index (χ3n) is 2.23. The van der Waals surface area contributed by atoms with E-state index in [2.05, 4.69) is 10.3 Å². The number of nitrogen functional groups attached to an aromatic ring is 1. The molecule has 1 aromatic carbocycles. The van der Waals surface area contributed by atoms with Crippen molar-refractivity contribution >= 4 is 40.6 Å². The summed E-state index contributed by atoms with van der Waals surface area (Å²) in [6.45, 7) is 0. The highest BCUT2D eigenvalue weighted by atomic mass is 35.5. The van der Waals surface area contributed by atoms with Crippen molar-refractivity contribution in [1.82, 2.24) is 4.98 Å². The first-order chi connectivity index (χ1) is 8.58. The van der Waals surface area contributed by atoms with Crippen LogP contribution in [0.4, 0.5) is 11.5 Å². The Morgan fingerprint density at radius 3 is 2.39 bits per heavy atom. The van der Waals surface area contributed by atoms with Crippen LogP contribution in [0.25, 0.3) is 0 Å². The van der Waals surface area contributed by atoms with Crippen LogP contribution in [0.3, 0.4) is 0 Å². The summed E-state index contributed by atoms with van der Waals surface area (Å²) in [5, 5.41) is 3.23. The van der Waals surface area contributed by atoms with Gasteiger partial charge in [0.2, 0.25) is 0 Å². The van der Waals surface area contributed by atoms with Gasteiger partial charge in [-0.1, -0.05) is 29.3 Å². The minimum absolute atomic E-state index is 0.234. The highest BCUT2D eigenvalue weighted by molar-refractivity contribution is 6.40. The number of halogens is 2. The number of benzene rings is 1. The standard InChI is InChI=1S/C12H9Cl2N3O/c13-8-2-1-3-9(14)11(8)12(18)17-7-4-5-10(15)16-6-7/h1-6H,(H2,15,16)(H,17,18). The Morgan fingerprint density at radius 1 is 1.17 bits per heavy atom. The lowest BCUT2D eigenvalue weighted by atomic mass is 10.2. The molecule has 0 aliphatic carbocycles. The molecule has 1 heterocycles. The summed E-state index contributed by atoms with van der Waals surface area (Å²) in [6.07, 6.45) is 1.46. The predicted molar refractivity (Wildman–Crippen MR) is 73.1 cm³/mol. The molecule has 6 heteroatoms. The van der Waals surface area contributed by atoms with Gasteiger partial charge in [0.05, 0.1) is 27.5 Å². The molecule has 0 bridgehead atoms. The molecule has 0 aliphatic heterocycles. The Bertz CT molecular complexity index is 564. The van der Waals surface area contributed by atoms with Crippen molar-refractivity contribution in [2.24, 2.45) is 0 Å². The van der Waals surface area contributed by atoms with Crippen LogP contribution < -0.4 is 11.1 Å². The van der Waals surface area contributed by atoms with E-state index in [1.165, 1.54) is 6.20 Å². The van der Waals surface area contributed by atoms with Gasteiger partial charge in [-0.05, 0) is 24.3 Å². The quantitative estimate of drug-likeness (QED) is 0.888. The fraction of sp³-hybridized carbons (Fsp3) is 0. The first-order valence-corrected chi connectivity index (χ1v) is 5.80. The lowest BCUT2D eigenvalue weighted by molar-refractivity contribution is 0.102. The smallest absolute Gasteiger partial charge is 0.258 e. The monoisotopic (exact) mass is 281 g/mol. The number of hydrogen-bond donors (Lipinski definition) is 2. The highest BCUT2D eigenvalue weighted by Gasteiger charge is 2.14. The van der Waals surface area contributed by atoms with Gasteiger partial charge in [-0.15, -0.1) is 0 Å². The number of rotatable bonds is 2. The number of nitrogens with zero attached hydrogens (tertiary/aromatic N) is 1. The predicted octanol–water partition coefficient (Wildman–Crippen LogP) is 3.22. The first-order valence-electron chi connectivity index (χ1n) is 5.05. The summed E-state index contributed by atoms with van der Waals surface area (Å²) in [5.74, 6) is -0.0130. The van der Waals surface area contributed by atoms with Gasteiger partial charge in [0.15, 0.2) is 0 Å². The number of nitrogens with two attached hydrogens (primary N) is 1. The van der Waals surface area contributed by atoms with Gasteiger partial charge in [0.1, 0.15) is 5.82 Å². The molecule has 92 valence electrons. The van der Waals surface area contributed by atoms with E-state index in [1.807, 2.05) is 0 Å². The summed E-state index contributed by atoms with van der Waals surface area (Å²) < 4.78 is 0. The molecule has 1 aromatic heterocycles. The molecule has 4 nitrogen and oxygen atoms in total. The van der Waals surface area contributed by atoms with Crippen LogP contribution in [-0.4, -0.2) is 10.9 Å². The number of amides is 1. The highest BCUT2D eigenvalue weighted by Crippen LogP contribution is 2.25. The summed E-state index contributed by atoms with van der Waals surface area (Å²) in [7, 11) is 0. The molecule has 0 fully saturated rings. The Balaban J connectivity index is 2.25. The van der Waals surface area contributed by atoms with E-state index in [-0.39, 0.29) is 5.56 Å². The lowest BCUT2D eigenvalue weighted by Crippen LogP contribution is -2.13. The SMILES string of the molecule is Nc1ccc(NC(=O)c2c(Cl)cccc2Cl)cn1. The molecule has 1 amide bonds. The molecule has 18 heavy (non-hydrogen) atoms. The molecule has 0 saturated heterocycles. The van der Waals surface area contributed by atoms with Crippen molar-refractivity contribution in [2.75, 3.05) is 11.1 Å². The second-order valence-corrected chi connectivity index (χ2v) is 4.34. The lowest BCUT2D eigenvalue weighted by Gasteiger charge is -2.08. The molecule has 2 rings (SSSR count).